The lowest BCUT2D eigenvalue weighted by Crippen LogP contribution is -2.41. The molecule has 1 unspecified atom stereocenters. The van der Waals surface area contributed by atoms with Gasteiger partial charge in [-0.1, -0.05) is 24.6 Å². The normalized spacial score (nSPS) is 34.4. The van der Waals surface area contributed by atoms with Crippen LogP contribution in [0.15, 0.2) is 4.99 Å². The molecule has 0 aromatic heterocycles. The minimum Gasteiger partial charge on any atom is -0.376 e. The average Bonchev–Trinajstić information content (AvgIpc) is 2.99. The SMILES string of the molecule is C1CCC2(C1)CSC(=NCC1COCCO1)N2. The van der Waals surface area contributed by atoms with Crippen LogP contribution in [0.3, 0.4) is 0 Å². The van der Waals surface area contributed by atoms with Gasteiger partial charge in [0.15, 0.2) is 5.17 Å². The number of hydrogen-bond donors (Lipinski definition) is 1. The first kappa shape index (κ1) is 11.8. The summed E-state index contributed by atoms with van der Waals surface area (Å²) in [5.74, 6) is 1.19. The third-order valence-corrected chi connectivity index (χ3v) is 4.94. The predicted octanol–water partition coefficient (Wildman–Crippen LogP) is 1.41. The monoisotopic (exact) mass is 256 g/mol. The van der Waals surface area contributed by atoms with Crippen molar-refractivity contribution in [3.8, 4) is 0 Å². The Morgan fingerprint density at radius 2 is 2.24 bits per heavy atom. The third-order valence-electron chi connectivity index (χ3n) is 3.74. The summed E-state index contributed by atoms with van der Waals surface area (Å²) < 4.78 is 11.0. The van der Waals surface area contributed by atoms with Gasteiger partial charge < -0.3 is 14.8 Å². The molecule has 0 radical (unpaired) electrons. The second-order valence-corrected chi connectivity index (χ2v) is 6.08. The fraction of sp³-hybridized carbons (Fsp3) is 0.917. The van der Waals surface area contributed by atoms with E-state index in [0.29, 0.717) is 18.8 Å². The maximum atomic E-state index is 5.59. The molecule has 0 aromatic rings. The Morgan fingerprint density at radius 3 is 3.00 bits per heavy atom. The van der Waals surface area contributed by atoms with Crippen LogP contribution >= 0.6 is 11.8 Å². The number of nitrogens with zero attached hydrogens (tertiary/aromatic N) is 1. The maximum Gasteiger partial charge on any atom is 0.157 e. The van der Waals surface area contributed by atoms with Gasteiger partial charge in [0, 0.05) is 11.3 Å². The standard InChI is InChI=1S/C12H20N2O2S/c1-2-4-12(3-1)9-17-11(14-12)13-7-10-8-15-5-6-16-10/h10H,1-9H2,(H,13,14). The van der Waals surface area contributed by atoms with Gasteiger partial charge >= 0.3 is 0 Å². The van der Waals surface area contributed by atoms with E-state index in [-0.39, 0.29) is 6.10 Å². The molecule has 1 N–H and O–H groups in total. The van der Waals surface area contributed by atoms with E-state index in [0.717, 1.165) is 18.3 Å². The first-order valence-electron chi connectivity index (χ1n) is 6.51. The summed E-state index contributed by atoms with van der Waals surface area (Å²) >= 11 is 1.87. The van der Waals surface area contributed by atoms with Crippen LogP contribution in [0, 0.1) is 0 Å². The van der Waals surface area contributed by atoms with E-state index in [9.17, 15) is 0 Å². The topological polar surface area (TPSA) is 42.9 Å². The van der Waals surface area contributed by atoms with E-state index < -0.39 is 0 Å². The van der Waals surface area contributed by atoms with Crippen LogP contribution in [-0.4, -0.2) is 48.9 Å². The van der Waals surface area contributed by atoms with E-state index >= 15 is 0 Å². The van der Waals surface area contributed by atoms with Crippen molar-refractivity contribution in [1.29, 1.82) is 0 Å². The zero-order chi connectivity index (χ0) is 11.6. The number of thioether (sulfide) groups is 1. The van der Waals surface area contributed by atoms with Crippen molar-refractivity contribution < 1.29 is 9.47 Å². The fourth-order valence-electron chi connectivity index (χ4n) is 2.74. The predicted molar refractivity (Wildman–Crippen MR) is 69.7 cm³/mol. The van der Waals surface area contributed by atoms with Crippen LogP contribution in [0.5, 0.6) is 0 Å². The van der Waals surface area contributed by atoms with Crippen molar-refractivity contribution in [3.05, 3.63) is 0 Å². The number of amidine groups is 1. The van der Waals surface area contributed by atoms with Crippen LogP contribution in [-0.2, 0) is 9.47 Å². The molecule has 2 aliphatic heterocycles. The molecule has 1 atom stereocenters. The summed E-state index contributed by atoms with van der Waals surface area (Å²) in [4.78, 5) is 4.63. The van der Waals surface area contributed by atoms with Crippen LogP contribution in [0.1, 0.15) is 25.7 Å². The number of rotatable bonds is 2. The Balaban J connectivity index is 1.51. The van der Waals surface area contributed by atoms with E-state index in [1.165, 1.54) is 31.4 Å². The molecule has 1 aliphatic carbocycles. The molecule has 96 valence electrons. The molecular formula is C12H20N2O2S. The lowest BCUT2D eigenvalue weighted by Gasteiger charge is -2.23. The Morgan fingerprint density at radius 1 is 1.35 bits per heavy atom. The summed E-state index contributed by atoms with van der Waals surface area (Å²) in [5, 5.41) is 4.73. The van der Waals surface area contributed by atoms with Gasteiger partial charge in [0.1, 0.15) is 6.10 Å². The summed E-state index contributed by atoms with van der Waals surface area (Å²) in [5.41, 5.74) is 0.368. The smallest absolute Gasteiger partial charge is 0.157 e. The lowest BCUT2D eigenvalue weighted by atomic mass is 10.0. The summed E-state index contributed by atoms with van der Waals surface area (Å²) in [7, 11) is 0. The molecular weight excluding hydrogens is 236 g/mol. The minimum atomic E-state index is 0.152. The third kappa shape index (κ3) is 2.77. The van der Waals surface area contributed by atoms with Crippen LogP contribution in [0.2, 0.25) is 0 Å². The van der Waals surface area contributed by atoms with Gasteiger partial charge in [-0.05, 0) is 12.8 Å². The van der Waals surface area contributed by atoms with Gasteiger partial charge in [-0.15, -0.1) is 0 Å². The van der Waals surface area contributed by atoms with Gasteiger partial charge in [0.2, 0.25) is 0 Å². The van der Waals surface area contributed by atoms with Crippen molar-refractivity contribution >= 4 is 16.9 Å². The molecule has 0 bridgehead atoms. The van der Waals surface area contributed by atoms with Gasteiger partial charge in [0.25, 0.3) is 0 Å². The molecule has 0 amide bonds. The van der Waals surface area contributed by atoms with Gasteiger partial charge in [0.05, 0.1) is 26.4 Å². The average molecular weight is 256 g/mol. The second-order valence-electron chi connectivity index (χ2n) is 5.11. The molecule has 17 heavy (non-hydrogen) atoms. The Hall–Kier alpha value is -0.260. The minimum absolute atomic E-state index is 0.152. The van der Waals surface area contributed by atoms with E-state index in [1.807, 2.05) is 11.8 Å². The van der Waals surface area contributed by atoms with Crippen LogP contribution in [0.25, 0.3) is 0 Å². The highest BCUT2D eigenvalue weighted by atomic mass is 32.2. The molecule has 3 rings (SSSR count). The molecule has 1 spiro atoms. The van der Waals surface area contributed by atoms with Gasteiger partial charge in [-0.2, -0.15) is 0 Å². The molecule has 2 heterocycles. The molecule has 5 heteroatoms. The summed E-state index contributed by atoms with van der Waals surface area (Å²) in [6.45, 7) is 2.85. The highest BCUT2D eigenvalue weighted by Crippen LogP contribution is 2.37. The molecule has 0 aromatic carbocycles. The molecule has 3 fully saturated rings. The molecule has 3 aliphatic rings. The van der Waals surface area contributed by atoms with Crippen molar-refractivity contribution in [2.24, 2.45) is 4.99 Å². The maximum absolute atomic E-state index is 5.59. The zero-order valence-electron chi connectivity index (χ0n) is 10.1. The quantitative estimate of drug-likeness (QED) is 0.811. The van der Waals surface area contributed by atoms with Crippen LogP contribution < -0.4 is 5.32 Å². The Bertz CT molecular complexity index is 297. The highest BCUT2D eigenvalue weighted by Gasteiger charge is 2.39. The Labute approximate surface area is 107 Å². The number of hydrogen-bond acceptors (Lipinski definition) is 4. The van der Waals surface area contributed by atoms with Crippen molar-refractivity contribution in [3.63, 3.8) is 0 Å². The number of nitrogens with one attached hydrogen (secondary N) is 1. The molecule has 2 saturated heterocycles. The van der Waals surface area contributed by atoms with Gasteiger partial charge in [-0.3, -0.25) is 4.99 Å². The van der Waals surface area contributed by atoms with E-state index in [4.69, 9.17) is 9.47 Å². The second kappa shape index (κ2) is 5.16. The largest absolute Gasteiger partial charge is 0.376 e. The van der Waals surface area contributed by atoms with Crippen molar-refractivity contribution in [2.45, 2.75) is 37.3 Å². The number of ether oxygens (including phenoxy) is 2. The zero-order valence-corrected chi connectivity index (χ0v) is 10.9. The summed E-state index contributed by atoms with van der Waals surface area (Å²) in [6.07, 6.45) is 5.49. The van der Waals surface area contributed by atoms with Crippen molar-refractivity contribution in [1.82, 2.24) is 5.32 Å². The van der Waals surface area contributed by atoms with E-state index in [2.05, 4.69) is 10.3 Å². The summed E-state index contributed by atoms with van der Waals surface area (Å²) in [6, 6.07) is 0. The first-order chi connectivity index (χ1) is 8.36. The first-order valence-corrected chi connectivity index (χ1v) is 7.50. The molecule has 1 saturated carbocycles. The Kier molecular flexibility index (Phi) is 3.59. The van der Waals surface area contributed by atoms with E-state index in [1.54, 1.807) is 0 Å². The van der Waals surface area contributed by atoms with Crippen molar-refractivity contribution in [2.75, 3.05) is 32.1 Å². The molecule has 4 nitrogen and oxygen atoms in total. The lowest BCUT2D eigenvalue weighted by molar-refractivity contribution is -0.0832. The van der Waals surface area contributed by atoms with Crippen LogP contribution in [0.4, 0.5) is 0 Å². The number of aliphatic imine (C=N–C) groups is 1. The fourth-order valence-corrected chi connectivity index (χ4v) is 3.97. The highest BCUT2D eigenvalue weighted by molar-refractivity contribution is 8.14. The van der Waals surface area contributed by atoms with Gasteiger partial charge in [-0.25, -0.2) is 0 Å².